The molecule has 0 amide bonds. The maximum atomic E-state index is 12.6. The van der Waals surface area contributed by atoms with Crippen LogP contribution in [-0.4, -0.2) is 25.2 Å². The van der Waals surface area contributed by atoms with Gasteiger partial charge in [-0.25, -0.2) is 4.79 Å². The summed E-state index contributed by atoms with van der Waals surface area (Å²) in [5, 5.41) is 0. The summed E-state index contributed by atoms with van der Waals surface area (Å²) in [6.07, 6.45) is 9.18. The quantitative estimate of drug-likeness (QED) is 0.513. The molecule has 2 fully saturated rings. The van der Waals surface area contributed by atoms with Gasteiger partial charge >= 0.3 is 5.97 Å². The van der Waals surface area contributed by atoms with Crippen LogP contribution in [0.25, 0.3) is 0 Å². The second-order valence-corrected chi connectivity index (χ2v) is 7.25. The van der Waals surface area contributed by atoms with Crippen molar-refractivity contribution in [1.29, 1.82) is 0 Å². The fraction of sp³-hybridized carbons (Fsp3) is 0.526. The van der Waals surface area contributed by atoms with Gasteiger partial charge in [-0.05, 0) is 66.7 Å². The fourth-order valence-corrected chi connectivity index (χ4v) is 4.47. The Morgan fingerprint density at radius 2 is 2.00 bits per heavy atom. The molecule has 23 heavy (non-hydrogen) atoms. The van der Waals surface area contributed by atoms with Crippen LogP contribution < -0.4 is 4.90 Å². The number of hydrogen-bond donors (Lipinski definition) is 0. The normalized spacial score (nSPS) is 23.5. The van der Waals surface area contributed by atoms with E-state index in [4.69, 9.17) is 4.74 Å². The predicted molar refractivity (Wildman–Crippen MR) is 103 cm³/mol. The van der Waals surface area contributed by atoms with Gasteiger partial charge in [0.05, 0.1) is 18.4 Å². The summed E-state index contributed by atoms with van der Waals surface area (Å²) in [6, 6.07) is 5.47. The smallest absolute Gasteiger partial charge is 0.340 e. The van der Waals surface area contributed by atoms with Gasteiger partial charge in [0, 0.05) is 12.1 Å². The zero-order valence-corrected chi connectivity index (χ0v) is 16.0. The molecule has 1 aromatic carbocycles. The number of hydrogen-bond acceptors (Lipinski definition) is 3. The lowest BCUT2D eigenvalue weighted by molar-refractivity contribution is 0.0600. The van der Waals surface area contributed by atoms with Crippen molar-refractivity contribution >= 4 is 34.2 Å². The number of methoxy groups -OCH3 is 1. The Hall–Kier alpha value is -1.04. The van der Waals surface area contributed by atoms with Gasteiger partial charge in [-0.15, -0.1) is 0 Å². The highest BCUT2D eigenvalue weighted by molar-refractivity contribution is 14.1. The summed E-state index contributed by atoms with van der Waals surface area (Å²) in [6.45, 7) is 2.08. The molecule has 0 spiro atoms. The number of rotatable bonds is 4. The lowest BCUT2D eigenvalue weighted by Gasteiger charge is -2.38. The SMILES string of the molecule is COC(=O)c1c(N2C3CCCC2CC3)ccc(C)c1C/C=C/I. The van der Waals surface area contributed by atoms with Gasteiger partial charge in [0.25, 0.3) is 0 Å². The predicted octanol–water partition coefficient (Wildman–Crippen LogP) is 4.79. The molecule has 124 valence electrons. The minimum atomic E-state index is -0.203. The molecule has 2 atom stereocenters. The molecule has 2 saturated heterocycles. The number of esters is 1. The number of allylic oxidation sites excluding steroid dienone is 1. The number of anilines is 1. The number of fused-ring (bicyclic) bond motifs is 2. The first-order valence-electron chi connectivity index (χ1n) is 8.41. The Morgan fingerprint density at radius 3 is 2.61 bits per heavy atom. The lowest BCUT2D eigenvalue weighted by atomic mass is 9.94. The number of nitrogens with zero attached hydrogens (tertiary/aromatic N) is 1. The number of ether oxygens (including phenoxy) is 1. The van der Waals surface area contributed by atoms with Crippen molar-refractivity contribution in [3.05, 3.63) is 39.0 Å². The van der Waals surface area contributed by atoms with Crippen LogP contribution in [0.3, 0.4) is 0 Å². The third kappa shape index (κ3) is 3.14. The molecule has 0 N–H and O–H groups in total. The first kappa shape index (κ1) is 16.8. The summed E-state index contributed by atoms with van der Waals surface area (Å²) in [5.74, 6) is -0.203. The second kappa shape index (κ2) is 7.24. The molecule has 3 nitrogen and oxygen atoms in total. The average molecular weight is 425 g/mol. The minimum absolute atomic E-state index is 0.203. The van der Waals surface area contributed by atoms with Gasteiger partial charge in [-0.3, -0.25) is 0 Å². The lowest BCUT2D eigenvalue weighted by Crippen LogP contribution is -2.40. The van der Waals surface area contributed by atoms with Crippen molar-refractivity contribution in [3.8, 4) is 0 Å². The van der Waals surface area contributed by atoms with Crippen LogP contribution in [0.1, 0.15) is 53.6 Å². The van der Waals surface area contributed by atoms with Crippen LogP contribution in [-0.2, 0) is 11.2 Å². The van der Waals surface area contributed by atoms with Crippen LogP contribution in [0, 0.1) is 6.92 Å². The zero-order valence-electron chi connectivity index (χ0n) is 13.8. The van der Waals surface area contributed by atoms with E-state index >= 15 is 0 Å². The fourth-order valence-electron chi connectivity index (χ4n) is 4.22. The largest absolute Gasteiger partial charge is 0.465 e. The molecule has 1 aromatic rings. The molecule has 4 heteroatoms. The molecule has 0 radical (unpaired) electrons. The van der Waals surface area contributed by atoms with Crippen LogP contribution in [0.5, 0.6) is 0 Å². The van der Waals surface area contributed by atoms with E-state index in [1.165, 1.54) is 39.2 Å². The standard InChI is InChI=1S/C19H24INO2/c1-13-8-11-17(21-14-5-3-6-15(21)10-9-14)18(19(22)23-2)16(13)7-4-12-20/h4,8,11-12,14-15H,3,5-7,9-10H2,1-2H3/b12-4+. The Labute approximate surface area is 152 Å². The Kier molecular flexibility index (Phi) is 5.29. The van der Waals surface area contributed by atoms with Crippen molar-refractivity contribution in [2.75, 3.05) is 12.0 Å². The van der Waals surface area contributed by atoms with Crippen molar-refractivity contribution in [3.63, 3.8) is 0 Å². The number of carbonyl (C=O) groups excluding carboxylic acids is 1. The summed E-state index contributed by atoms with van der Waals surface area (Å²) < 4.78 is 7.15. The molecule has 0 aromatic heterocycles. The molecule has 2 aliphatic heterocycles. The van der Waals surface area contributed by atoms with Gasteiger partial charge in [0.1, 0.15) is 0 Å². The van der Waals surface area contributed by atoms with Gasteiger partial charge in [0.2, 0.25) is 0 Å². The van der Waals surface area contributed by atoms with E-state index in [9.17, 15) is 4.79 Å². The molecule has 2 unspecified atom stereocenters. The Morgan fingerprint density at radius 1 is 1.30 bits per heavy atom. The molecule has 2 aliphatic rings. The summed E-state index contributed by atoms with van der Waals surface area (Å²) >= 11 is 2.23. The number of benzene rings is 1. The molecule has 0 aliphatic carbocycles. The third-order valence-corrected chi connectivity index (χ3v) is 5.81. The van der Waals surface area contributed by atoms with Crippen molar-refractivity contribution in [1.82, 2.24) is 0 Å². The molecule has 3 rings (SSSR count). The first-order chi connectivity index (χ1) is 11.2. The van der Waals surface area contributed by atoms with E-state index < -0.39 is 0 Å². The van der Waals surface area contributed by atoms with Crippen molar-refractivity contribution in [2.45, 2.75) is 57.5 Å². The van der Waals surface area contributed by atoms with E-state index in [0.29, 0.717) is 12.1 Å². The van der Waals surface area contributed by atoms with Gasteiger partial charge in [-0.2, -0.15) is 0 Å². The average Bonchev–Trinajstić information content (AvgIpc) is 2.81. The minimum Gasteiger partial charge on any atom is -0.465 e. The molecule has 0 saturated carbocycles. The highest BCUT2D eigenvalue weighted by Gasteiger charge is 2.38. The second-order valence-electron chi connectivity index (χ2n) is 6.54. The summed E-state index contributed by atoms with van der Waals surface area (Å²) in [4.78, 5) is 15.1. The maximum absolute atomic E-state index is 12.6. The van der Waals surface area contributed by atoms with E-state index in [0.717, 1.165) is 28.8 Å². The van der Waals surface area contributed by atoms with Gasteiger partial charge in [-0.1, -0.05) is 34.7 Å². The monoisotopic (exact) mass is 425 g/mol. The Balaban J connectivity index is 2.10. The number of halogens is 1. The van der Waals surface area contributed by atoms with Crippen LogP contribution in [0.4, 0.5) is 5.69 Å². The van der Waals surface area contributed by atoms with E-state index in [-0.39, 0.29) is 5.97 Å². The molecular weight excluding hydrogens is 401 g/mol. The van der Waals surface area contributed by atoms with Crippen molar-refractivity contribution in [2.24, 2.45) is 0 Å². The number of piperidine rings is 1. The first-order valence-corrected chi connectivity index (χ1v) is 9.66. The Bertz CT molecular complexity index is 610. The van der Waals surface area contributed by atoms with E-state index in [1.807, 2.05) is 4.08 Å². The highest BCUT2D eigenvalue weighted by atomic mass is 127. The highest BCUT2D eigenvalue weighted by Crippen LogP contribution is 2.42. The molecular formula is C19H24INO2. The van der Waals surface area contributed by atoms with Gasteiger partial charge in [0.15, 0.2) is 0 Å². The summed E-state index contributed by atoms with van der Waals surface area (Å²) in [5.41, 5.74) is 4.13. The molecule has 2 heterocycles. The third-order valence-electron chi connectivity index (χ3n) is 5.30. The van der Waals surface area contributed by atoms with E-state index in [1.54, 1.807) is 0 Å². The molecule has 2 bridgehead atoms. The van der Waals surface area contributed by atoms with Crippen LogP contribution in [0.2, 0.25) is 0 Å². The van der Waals surface area contributed by atoms with Crippen molar-refractivity contribution < 1.29 is 9.53 Å². The maximum Gasteiger partial charge on any atom is 0.340 e. The van der Waals surface area contributed by atoms with E-state index in [2.05, 4.69) is 52.6 Å². The zero-order chi connectivity index (χ0) is 16.4. The van der Waals surface area contributed by atoms with Crippen LogP contribution in [0.15, 0.2) is 22.3 Å². The summed E-state index contributed by atoms with van der Waals surface area (Å²) in [7, 11) is 1.48. The topological polar surface area (TPSA) is 29.5 Å². The number of aryl methyl sites for hydroxylation is 1. The van der Waals surface area contributed by atoms with Crippen LogP contribution >= 0.6 is 22.6 Å². The number of carbonyl (C=O) groups is 1. The van der Waals surface area contributed by atoms with Gasteiger partial charge < -0.3 is 9.64 Å².